The van der Waals surface area contributed by atoms with Crippen LogP contribution >= 0.6 is 0 Å². The second kappa shape index (κ2) is 12.1. The molecule has 0 aliphatic heterocycles. The van der Waals surface area contributed by atoms with E-state index in [0.717, 1.165) is 29.7 Å². The van der Waals surface area contributed by atoms with Crippen molar-refractivity contribution < 1.29 is 39.0 Å². The maximum atomic E-state index is 14.0. The Morgan fingerprint density at radius 1 is 0.780 bits per heavy atom. The molecular weight excluding hydrogens is 579 g/mol. The molecule has 0 spiro atoms. The third-order valence-electron chi connectivity index (χ3n) is 7.76. The fraction of sp³-hybridized carbons (Fsp3) is 0.400. The van der Waals surface area contributed by atoms with Gasteiger partial charge in [-0.1, -0.05) is 58.9 Å². The van der Waals surface area contributed by atoms with E-state index in [0.29, 0.717) is 0 Å². The summed E-state index contributed by atoms with van der Waals surface area (Å²) in [5.41, 5.74) is 1.95. The molecule has 0 saturated heterocycles. The average molecular weight is 615 g/mol. The highest BCUT2D eigenvalue weighted by molar-refractivity contribution is 7.87. The fourth-order valence-electron chi connectivity index (χ4n) is 4.14. The molecule has 2 unspecified atom stereocenters. The monoisotopic (exact) mass is 614 g/mol. The highest BCUT2D eigenvalue weighted by atomic mass is 32.2. The Morgan fingerprint density at radius 3 is 1.71 bits per heavy atom. The van der Waals surface area contributed by atoms with Crippen molar-refractivity contribution in [3.05, 3.63) is 88.7 Å². The number of halogens is 5. The molecule has 3 aromatic rings. The summed E-state index contributed by atoms with van der Waals surface area (Å²) in [6, 6.07) is 13.5. The summed E-state index contributed by atoms with van der Waals surface area (Å²) >= 11 is 0. The van der Waals surface area contributed by atoms with Crippen LogP contribution in [-0.2, 0) is 10.1 Å². The van der Waals surface area contributed by atoms with Crippen LogP contribution in [0.25, 0.3) is 0 Å². The zero-order chi connectivity index (χ0) is 30.9. The van der Waals surface area contributed by atoms with Gasteiger partial charge in [-0.05, 0) is 78.2 Å². The third-order valence-corrected chi connectivity index (χ3v) is 13.4. The maximum Gasteiger partial charge on any atom is 0.339 e. The van der Waals surface area contributed by atoms with Crippen molar-refractivity contribution in [1.29, 1.82) is 0 Å². The van der Waals surface area contributed by atoms with E-state index in [4.69, 9.17) is 4.43 Å². The molecule has 0 amide bonds. The summed E-state index contributed by atoms with van der Waals surface area (Å²) in [7, 11) is -6.85. The van der Waals surface area contributed by atoms with Crippen molar-refractivity contribution in [2.24, 2.45) is 0 Å². The lowest BCUT2D eigenvalue weighted by molar-refractivity contribution is 0.346. The van der Waals surface area contributed by atoms with Gasteiger partial charge in [0.1, 0.15) is 10.6 Å². The normalized spacial score (nSPS) is 14.0. The first-order valence-electron chi connectivity index (χ1n) is 13.2. The van der Waals surface area contributed by atoms with Crippen LogP contribution in [0.5, 0.6) is 11.5 Å². The van der Waals surface area contributed by atoms with Gasteiger partial charge in [0.2, 0.25) is 43.2 Å². The summed E-state index contributed by atoms with van der Waals surface area (Å²) in [4.78, 5) is -0.495. The van der Waals surface area contributed by atoms with Gasteiger partial charge in [0.05, 0.1) is 0 Å². The van der Waals surface area contributed by atoms with E-state index in [-0.39, 0.29) is 16.9 Å². The van der Waals surface area contributed by atoms with Gasteiger partial charge in [-0.15, -0.1) is 0 Å². The summed E-state index contributed by atoms with van der Waals surface area (Å²) in [6.07, 6.45) is 1.51. The molecule has 11 heteroatoms. The topological polar surface area (TPSA) is 52.6 Å². The molecule has 0 aliphatic carbocycles. The largest absolute Gasteiger partial charge is 0.544 e. The molecular formula is C30H35F5O4SSi. The molecule has 0 fully saturated rings. The third kappa shape index (κ3) is 7.11. The first-order chi connectivity index (χ1) is 18.9. The van der Waals surface area contributed by atoms with Gasteiger partial charge in [0.25, 0.3) is 0 Å². The van der Waals surface area contributed by atoms with E-state index in [1.54, 1.807) is 12.1 Å². The van der Waals surface area contributed by atoms with Crippen LogP contribution in [0, 0.1) is 29.1 Å². The molecule has 0 radical (unpaired) electrons. The molecule has 224 valence electrons. The second-order valence-corrected chi connectivity index (χ2v) is 17.9. The summed E-state index contributed by atoms with van der Waals surface area (Å²) in [6.45, 7) is 15.0. The van der Waals surface area contributed by atoms with E-state index in [9.17, 15) is 30.4 Å². The van der Waals surface area contributed by atoms with Gasteiger partial charge in [0, 0.05) is 0 Å². The minimum absolute atomic E-state index is 0.0565. The molecule has 41 heavy (non-hydrogen) atoms. The highest BCUT2D eigenvalue weighted by Gasteiger charge is 2.39. The van der Waals surface area contributed by atoms with Crippen molar-refractivity contribution >= 4 is 18.4 Å². The molecule has 3 aromatic carbocycles. The second-order valence-electron chi connectivity index (χ2n) is 11.7. The number of benzene rings is 3. The van der Waals surface area contributed by atoms with Crippen LogP contribution in [0.3, 0.4) is 0 Å². The minimum atomic E-state index is -4.89. The van der Waals surface area contributed by atoms with Gasteiger partial charge in [0.15, 0.2) is 0 Å². The molecule has 3 rings (SSSR count). The van der Waals surface area contributed by atoms with Gasteiger partial charge in [-0.2, -0.15) is 17.2 Å². The van der Waals surface area contributed by atoms with E-state index >= 15 is 0 Å². The maximum absolute atomic E-state index is 14.0. The molecule has 2 atom stereocenters. The Hall–Kier alpha value is -2.92. The first-order valence-corrected chi connectivity index (χ1v) is 17.6. The Bertz CT molecular complexity index is 1460. The summed E-state index contributed by atoms with van der Waals surface area (Å²) in [5, 5.41) is 0.0808. The summed E-state index contributed by atoms with van der Waals surface area (Å²) in [5.74, 6) is -12.6. The standard InChI is InChI=1S/C30H35F5O4SSi/c1-8-19(17-18(2)20-9-13-22(14-10-20)39-41(6,7)30(3,4)5)21-11-15-23(16-12-21)40(36,37)38-29-27(34)25(32)24(31)26(33)28(29)35/h9-16,18-19H,8,17H2,1-7H3. The van der Waals surface area contributed by atoms with E-state index in [1.807, 2.05) is 31.2 Å². The SMILES string of the molecule is CCC(CC(C)c1ccc(O[Si](C)(C)C(C)(C)C)cc1)c1ccc(S(=O)(=O)Oc2c(F)c(F)c(F)c(F)c2F)cc1. The Labute approximate surface area is 239 Å². The van der Waals surface area contributed by atoms with E-state index in [1.165, 1.54) is 12.1 Å². The van der Waals surface area contributed by atoms with Crippen LogP contribution in [0.15, 0.2) is 53.4 Å². The number of hydrogen-bond acceptors (Lipinski definition) is 4. The average Bonchev–Trinajstić information content (AvgIpc) is 2.91. The molecule has 0 aliphatic rings. The predicted molar refractivity (Wildman–Crippen MR) is 151 cm³/mol. The van der Waals surface area contributed by atoms with Crippen molar-refractivity contribution in [2.75, 3.05) is 0 Å². The lowest BCUT2D eigenvalue weighted by Gasteiger charge is -2.36. The van der Waals surface area contributed by atoms with Gasteiger partial charge < -0.3 is 8.61 Å². The van der Waals surface area contributed by atoms with Crippen molar-refractivity contribution in [1.82, 2.24) is 0 Å². The van der Waals surface area contributed by atoms with Crippen molar-refractivity contribution in [2.45, 2.75) is 82.3 Å². The van der Waals surface area contributed by atoms with Gasteiger partial charge >= 0.3 is 10.1 Å². The van der Waals surface area contributed by atoms with Crippen molar-refractivity contribution in [3.8, 4) is 11.5 Å². The molecule has 0 aromatic heterocycles. The van der Waals surface area contributed by atoms with E-state index in [2.05, 4.69) is 45.0 Å². The Balaban J connectivity index is 1.74. The van der Waals surface area contributed by atoms with Crippen LogP contribution in [0.4, 0.5) is 22.0 Å². The van der Waals surface area contributed by atoms with Gasteiger partial charge in [-0.3, -0.25) is 0 Å². The minimum Gasteiger partial charge on any atom is -0.544 e. The number of rotatable bonds is 10. The summed E-state index contributed by atoms with van der Waals surface area (Å²) < 4.78 is 104. The quantitative estimate of drug-likeness (QED) is 0.0751. The van der Waals surface area contributed by atoms with Crippen LogP contribution < -0.4 is 8.61 Å². The van der Waals surface area contributed by atoms with Crippen LogP contribution in [0.1, 0.15) is 70.4 Å². The Morgan fingerprint density at radius 2 is 1.24 bits per heavy atom. The van der Waals surface area contributed by atoms with Gasteiger partial charge in [-0.25, -0.2) is 13.2 Å². The molecule has 0 saturated carbocycles. The fourth-order valence-corrected chi connectivity index (χ4v) is 6.10. The lowest BCUT2D eigenvalue weighted by atomic mass is 9.85. The van der Waals surface area contributed by atoms with Crippen LogP contribution in [-0.4, -0.2) is 16.7 Å². The molecule has 0 bridgehead atoms. The molecule has 4 nitrogen and oxygen atoms in total. The zero-order valence-corrected chi connectivity index (χ0v) is 25.9. The first kappa shape index (κ1) is 32.6. The van der Waals surface area contributed by atoms with E-state index < -0.39 is 58.2 Å². The van der Waals surface area contributed by atoms with Crippen LogP contribution in [0.2, 0.25) is 18.1 Å². The Kier molecular flexibility index (Phi) is 9.64. The smallest absolute Gasteiger partial charge is 0.339 e. The molecule has 0 heterocycles. The highest BCUT2D eigenvalue weighted by Crippen LogP contribution is 2.38. The zero-order valence-electron chi connectivity index (χ0n) is 24.1. The molecule has 0 N–H and O–H groups in total. The number of hydrogen-bond donors (Lipinski definition) is 0. The predicted octanol–water partition coefficient (Wildman–Crippen LogP) is 9.22. The lowest BCUT2D eigenvalue weighted by Crippen LogP contribution is -2.43. The van der Waals surface area contributed by atoms with Crippen molar-refractivity contribution in [3.63, 3.8) is 0 Å².